The largest absolute Gasteiger partial charge is 0.382 e. The second-order valence-electron chi connectivity index (χ2n) is 7.08. The van der Waals surface area contributed by atoms with Crippen molar-refractivity contribution >= 4 is 17.3 Å². The molecule has 1 aromatic rings. The normalized spacial score (nSPS) is 18.6. The van der Waals surface area contributed by atoms with Crippen LogP contribution in [-0.4, -0.2) is 19.5 Å². The highest BCUT2D eigenvalue weighted by Gasteiger charge is 2.34. The molecule has 1 aliphatic heterocycles. The SMILES string of the molecule is CN1C(=O)C(C)(C)CNc2cc(C(C)(C)C)ccc21. The number of hydrogen-bond donors (Lipinski definition) is 1. The molecule has 0 spiro atoms. The zero-order chi connectivity index (χ0) is 14.4. The first-order chi connectivity index (χ1) is 8.63. The van der Waals surface area contributed by atoms with E-state index in [1.807, 2.05) is 27.0 Å². The lowest BCUT2D eigenvalue weighted by molar-refractivity contribution is -0.125. The minimum atomic E-state index is -0.379. The highest BCUT2D eigenvalue weighted by atomic mass is 16.2. The first kappa shape index (κ1) is 13.9. The highest BCUT2D eigenvalue weighted by molar-refractivity contribution is 6.01. The van der Waals surface area contributed by atoms with Crippen LogP contribution in [0.5, 0.6) is 0 Å². The lowest BCUT2D eigenvalue weighted by atomic mass is 9.86. The average molecular weight is 260 g/mol. The molecule has 0 aliphatic carbocycles. The van der Waals surface area contributed by atoms with Gasteiger partial charge in [-0.15, -0.1) is 0 Å². The number of benzene rings is 1. The van der Waals surface area contributed by atoms with Gasteiger partial charge in [0.15, 0.2) is 0 Å². The number of rotatable bonds is 0. The van der Waals surface area contributed by atoms with Crippen molar-refractivity contribution in [3.05, 3.63) is 23.8 Å². The van der Waals surface area contributed by atoms with Crippen LogP contribution in [-0.2, 0) is 10.2 Å². The van der Waals surface area contributed by atoms with E-state index in [2.05, 4.69) is 38.2 Å². The Balaban J connectivity index is 2.49. The molecule has 0 aromatic heterocycles. The molecule has 0 saturated heterocycles. The first-order valence-corrected chi connectivity index (χ1v) is 6.79. The third kappa shape index (κ3) is 2.46. The fourth-order valence-electron chi connectivity index (χ4n) is 2.39. The Hall–Kier alpha value is -1.51. The van der Waals surface area contributed by atoms with Crippen molar-refractivity contribution in [3.8, 4) is 0 Å². The summed E-state index contributed by atoms with van der Waals surface area (Å²) in [6.07, 6.45) is 0. The molecule has 0 radical (unpaired) electrons. The van der Waals surface area contributed by atoms with Gasteiger partial charge in [0.05, 0.1) is 16.8 Å². The molecule has 1 amide bonds. The van der Waals surface area contributed by atoms with Crippen LogP contribution in [0.25, 0.3) is 0 Å². The van der Waals surface area contributed by atoms with Crippen LogP contribution in [0, 0.1) is 5.41 Å². The van der Waals surface area contributed by atoms with E-state index < -0.39 is 0 Å². The van der Waals surface area contributed by atoms with Gasteiger partial charge in [0.25, 0.3) is 0 Å². The van der Waals surface area contributed by atoms with Gasteiger partial charge in [-0.2, -0.15) is 0 Å². The molecule has 3 heteroatoms. The number of fused-ring (bicyclic) bond motifs is 1. The standard InChI is InChI=1S/C16H24N2O/c1-15(2,3)11-7-8-13-12(9-11)17-10-16(4,5)14(19)18(13)6/h7-9,17H,10H2,1-6H3. The Bertz CT molecular complexity index is 512. The molecule has 2 rings (SSSR count). The van der Waals surface area contributed by atoms with E-state index in [0.717, 1.165) is 11.4 Å². The van der Waals surface area contributed by atoms with E-state index in [4.69, 9.17) is 0 Å². The van der Waals surface area contributed by atoms with Crippen LogP contribution in [0.2, 0.25) is 0 Å². The topological polar surface area (TPSA) is 32.3 Å². The number of nitrogens with one attached hydrogen (secondary N) is 1. The van der Waals surface area contributed by atoms with Crippen LogP contribution in [0.15, 0.2) is 18.2 Å². The summed E-state index contributed by atoms with van der Waals surface area (Å²) in [7, 11) is 1.85. The summed E-state index contributed by atoms with van der Waals surface area (Å²) in [6, 6.07) is 6.32. The van der Waals surface area contributed by atoms with Crippen molar-refractivity contribution in [2.24, 2.45) is 5.41 Å². The number of amides is 1. The predicted molar refractivity (Wildman–Crippen MR) is 80.8 cm³/mol. The molecule has 104 valence electrons. The fraction of sp³-hybridized carbons (Fsp3) is 0.562. The van der Waals surface area contributed by atoms with Gasteiger partial charge in [0.2, 0.25) is 5.91 Å². The minimum Gasteiger partial charge on any atom is -0.382 e. The van der Waals surface area contributed by atoms with Crippen molar-refractivity contribution in [1.29, 1.82) is 0 Å². The molecular weight excluding hydrogens is 236 g/mol. The van der Waals surface area contributed by atoms with Crippen LogP contribution >= 0.6 is 0 Å². The third-order valence-electron chi connectivity index (χ3n) is 3.83. The summed E-state index contributed by atoms with van der Waals surface area (Å²) < 4.78 is 0. The Morgan fingerprint density at radius 2 is 1.89 bits per heavy atom. The molecule has 0 unspecified atom stereocenters. The first-order valence-electron chi connectivity index (χ1n) is 6.79. The molecule has 0 bridgehead atoms. The number of carbonyl (C=O) groups excluding carboxylic acids is 1. The fourth-order valence-corrected chi connectivity index (χ4v) is 2.39. The lowest BCUT2D eigenvalue weighted by Gasteiger charge is -2.26. The van der Waals surface area contributed by atoms with E-state index >= 15 is 0 Å². The monoisotopic (exact) mass is 260 g/mol. The zero-order valence-electron chi connectivity index (χ0n) is 12.8. The predicted octanol–water partition coefficient (Wildman–Crippen LogP) is 3.40. The van der Waals surface area contributed by atoms with E-state index in [1.54, 1.807) is 4.90 Å². The maximum absolute atomic E-state index is 12.4. The van der Waals surface area contributed by atoms with E-state index in [9.17, 15) is 4.79 Å². The number of anilines is 2. The molecular formula is C16H24N2O. The molecule has 0 saturated carbocycles. The zero-order valence-corrected chi connectivity index (χ0v) is 12.8. The second-order valence-corrected chi connectivity index (χ2v) is 7.08. The number of nitrogens with zero attached hydrogens (tertiary/aromatic N) is 1. The van der Waals surface area contributed by atoms with Gasteiger partial charge in [0, 0.05) is 13.6 Å². The van der Waals surface area contributed by atoms with Gasteiger partial charge in [0.1, 0.15) is 0 Å². The molecule has 0 atom stereocenters. The van der Waals surface area contributed by atoms with Gasteiger partial charge in [-0.25, -0.2) is 0 Å². The van der Waals surface area contributed by atoms with Crippen molar-refractivity contribution in [3.63, 3.8) is 0 Å². The van der Waals surface area contributed by atoms with Crippen molar-refractivity contribution in [2.75, 3.05) is 23.8 Å². The van der Waals surface area contributed by atoms with Gasteiger partial charge in [-0.05, 0) is 37.0 Å². The summed E-state index contributed by atoms with van der Waals surface area (Å²) in [6.45, 7) is 11.2. The summed E-state index contributed by atoms with van der Waals surface area (Å²) in [5.74, 6) is 0.155. The van der Waals surface area contributed by atoms with Gasteiger partial charge < -0.3 is 10.2 Å². The van der Waals surface area contributed by atoms with Crippen LogP contribution in [0.4, 0.5) is 11.4 Å². The molecule has 0 fully saturated rings. The minimum absolute atomic E-state index is 0.112. The second kappa shape index (κ2) is 4.26. The van der Waals surface area contributed by atoms with Crippen molar-refractivity contribution in [1.82, 2.24) is 0 Å². The van der Waals surface area contributed by atoms with Gasteiger partial charge >= 0.3 is 0 Å². The Kier molecular flexibility index (Phi) is 3.12. The van der Waals surface area contributed by atoms with Crippen LogP contribution < -0.4 is 10.2 Å². The summed E-state index contributed by atoms with van der Waals surface area (Å²) in [5.41, 5.74) is 3.02. The lowest BCUT2D eigenvalue weighted by Crippen LogP contribution is -2.40. The Labute approximate surface area is 116 Å². The smallest absolute Gasteiger partial charge is 0.234 e. The molecule has 1 heterocycles. The quantitative estimate of drug-likeness (QED) is 0.775. The number of carbonyl (C=O) groups is 1. The Morgan fingerprint density at radius 1 is 1.26 bits per heavy atom. The average Bonchev–Trinajstić information content (AvgIpc) is 2.40. The van der Waals surface area contributed by atoms with E-state index in [-0.39, 0.29) is 16.7 Å². The molecule has 19 heavy (non-hydrogen) atoms. The van der Waals surface area contributed by atoms with Crippen molar-refractivity contribution < 1.29 is 4.79 Å². The maximum Gasteiger partial charge on any atom is 0.234 e. The van der Waals surface area contributed by atoms with Gasteiger partial charge in [-0.3, -0.25) is 4.79 Å². The maximum atomic E-state index is 12.4. The van der Waals surface area contributed by atoms with Gasteiger partial charge in [-0.1, -0.05) is 26.8 Å². The molecule has 1 N–H and O–H groups in total. The van der Waals surface area contributed by atoms with Crippen LogP contribution in [0.3, 0.4) is 0 Å². The third-order valence-corrected chi connectivity index (χ3v) is 3.83. The Morgan fingerprint density at radius 3 is 2.47 bits per heavy atom. The highest BCUT2D eigenvalue weighted by Crippen LogP contribution is 2.36. The van der Waals surface area contributed by atoms with E-state index in [1.165, 1.54) is 5.56 Å². The van der Waals surface area contributed by atoms with E-state index in [0.29, 0.717) is 6.54 Å². The summed E-state index contributed by atoms with van der Waals surface area (Å²) >= 11 is 0. The van der Waals surface area contributed by atoms with Crippen molar-refractivity contribution in [2.45, 2.75) is 40.0 Å². The van der Waals surface area contributed by atoms with Crippen LogP contribution in [0.1, 0.15) is 40.2 Å². The molecule has 1 aliphatic rings. The summed E-state index contributed by atoms with van der Waals surface area (Å²) in [4.78, 5) is 14.2. The molecule has 3 nitrogen and oxygen atoms in total. The summed E-state index contributed by atoms with van der Waals surface area (Å²) in [5, 5.41) is 3.43. The molecule has 1 aromatic carbocycles. The number of hydrogen-bond acceptors (Lipinski definition) is 2.